The SMILES string of the molecule is CCCn1cc(/C=C2\C(=O)NC(=S)N(C(C)CC)C2=O)c2ccccc21. The molecule has 1 aliphatic rings. The van der Waals surface area contributed by atoms with E-state index in [1.807, 2.05) is 38.2 Å². The van der Waals surface area contributed by atoms with Crippen molar-refractivity contribution in [1.29, 1.82) is 0 Å². The molecule has 0 saturated carbocycles. The van der Waals surface area contributed by atoms with E-state index in [4.69, 9.17) is 12.2 Å². The first kappa shape index (κ1) is 18.3. The molecule has 3 rings (SSSR count). The second kappa shape index (κ2) is 7.41. The average Bonchev–Trinajstić information content (AvgIpc) is 2.96. The van der Waals surface area contributed by atoms with Crippen molar-refractivity contribution in [3.8, 4) is 0 Å². The van der Waals surface area contributed by atoms with Crippen LogP contribution in [0.4, 0.5) is 0 Å². The highest BCUT2D eigenvalue weighted by Crippen LogP contribution is 2.25. The van der Waals surface area contributed by atoms with Crippen molar-refractivity contribution < 1.29 is 9.59 Å². The molecule has 0 radical (unpaired) electrons. The van der Waals surface area contributed by atoms with Gasteiger partial charge in [0, 0.05) is 35.2 Å². The Labute approximate surface area is 158 Å². The van der Waals surface area contributed by atoms with Gasteiger partial charge in [-0.05, 0) is 44.1 Å². The molecule has 1 aliphatic heterocycles. The van der Waals surface area contributed by atoms with Crippen molar-refractivity contribution in [2.75, 3.05) is 0 Å². The fourth-order valence-electron chi connectivity index (χ4n) is 3.23. The fourth-order valence-corrected chi connectivity index (χ4v) is 3.58. The predicted molar refractivity (Wildman–Crippen MR) is 108 cm³/mol. The average molecular weight is 369 g/mol. The Morgan fingerprint density at radius 3 is 2.65 bits per heavy atom. The molecule has 5 nitrogen and oxygen atoms in total. The molecule has 0 bridgehead atoms. The van der Waals surface area contributed by atoms with Gasteiger partial charge in [0.1, 0.15) is 5.57 Å². The van der Waals surface area contributed by atoms with E-state index in [-0.39, 0.29) is 22.6 Å². The summed E-state index contributed by atoms with van der Waals surface area (Å²) in [5, 5.41) is 3.85. The summed E-state index contributed by atoms with van der Waals surface area (Å²) >= 11 is 5.20. The van der Waals surface area contributed by atoms with Crippen molar-refractivity contribution >= 4 is 46.1 Å². The van der Waals surface area contributed by atoms with Gasteiger partial charge in [-0.3, -0.25) is 19.8 Å². The van der Waals surface area contributed by atoms with Crippen LogP contribution in [0.15, 0.2) is 36.0 Å². The molecule has 1 saturated heterocycles. The van der Waals surface area contributed by atoms with E-state index in [2.05, 4.69) is 22.9 Å². The first-order chi connectivity index (χ1) is 12.5. The standard InChI is InChI=1S/C20H23N3O2S/c1-4-10-22-12-14(15-8-6-7-9-17(15)22)11-16-18(24)21-20(26)23(19(16)25)13(3)5-2/h6-9,11-13H,4-5,10H2,1-3H3,(H,21,24,26)/b16-11+. The number of nitrogens with one attached hydrogen (secondary N) is 1. The maximum Gasteiger partial charge on any atom is 0.265 e. The number of benzene rings is 1. The molecule has 1 aromatic heterocycles. The highest BCUT2D eigenvalue weighted by atomic mass is 32.1. The van der Waals surface area contributed by atoms with Crippen LogP contribution in [0.3, 0.4) is 0 Å². The number of rotatable bonds is 5. The molecule has 26 heavy (non-hydrogen) atoms. The second-order valence-corrected chi connectivity index (χ2v) is 6.93. The predicted octanol–water partition coefficient (Wildman–Crippen LogP) is 3.48. The van der Waals surface area contributed by atoms with E-state index >= 15 is 0 Å². The van der Waals surface area contributed by atoms with Gasteiger partial charge in [0.15, 0.2) is 5.11 Å². The number of aryl methyl sites for hydroxylation is 1. The van der Waals surface area contributed by atoms with E-state index in [0.717, 1.165) is 35.9 Å². The number of para-hydroxylation sites is 1. The molecule has 1 atom stereocenters. The largest absolute Gasteiger partial charge is 0.347 e. The number of aromatic nitrogens is 1. The minimum absolute atomic E-state index is 0.0690. The highest BCUT2D eigenvalue weighted by molar-refractivity contribution is 7.80. The Morgan fingerprint density at radius 1 is 1.23 bits per heavy atom. The quantitative estimate of drug-likeness (QED) is 0.499. The van der Waals surface area contributed by atoms with Crippen molar-refractivity contribution in [3.63, 3.8) is 0 Å². The lowest BCUT2D eigenvalue weighted by atomic mass is 10.1. The normalized spacial score (nSPS) is 17.9. The molecule has 2 heterocycles. The fraction of sp³-hybridized carbons (Fsp3) is 0.350. The van der Waals surface area contributed by atoms with Gasteiger partial charge in [-0.2, -0.15) is 0 Å². The molecule has 1 aromatic carbocycles. The van der Waals surface area contributed by atoms with Crippen LogP contribution in [0, 0.1) is 0 Å². The van der Waals surface area contributed by atoms with Gasteiger partial charge in [-0.25, -0.2) is 0 Å². The number of fused-ring (bicyclic) bond motifs is 1. The molecule has 1 N–H and O–H groups in total. The molecular weight excluding hydrogens is 346 g/mol. The number of nitrogens with zero attached hydrogens (tertiary/aromatic N) is 2. The zero-order valence-electron chi connectivity index (χ0n) is 15.3. The highest BCUT2D eigenvalue weighted by Gasteiger charge is 2.35. The molecule has 2 amide bonds. The molecule has 0 aliphatic carbocycles. The van der Waals surface area contributed by atoms with Crippen LogP contribution >= 0.6 is 12.2 Å². The molecule has 136 valence electrons. The Morgan fingerprint density at radius 2 is 1.96 bits per heavy atom. The molecule has 1 unspecified atom stereocenters. The molecule has 6 heteroatoms. The van der Waals surface area contributed by atoms with Gasteiger partial charge in [-0.15, -0.1) is 0 Å². The van der Waals surface area contributed by atoms with E-state index < -0.39 is 5.91 Å². The smallest absolute Gasteiger partial charge is 0.265 e. The van der Waals surface area contributed by atoms with Crippen LogP contribution in [0.2, 0.25) is 0 Å². The van der Waals surface area contributed by atoms with Crippen molar-refractivity contribution in [1.82, 2.24) is 14.8 Å². The number of thiocarbonyl (C=S) groups is 1. The lowest BCUT2D eigenvalue weighted by Gasteiger charge is -2.33. The van der Waals surface area contributed by atoms with Gasteiger partial charge in [0.2, 0.25) is 0 Å². The van der Waals surface area contributed by atoms with Crippen molar-refractivity contribution in [2.24, 2.45) is 0 Å². The first-order valence-corrected chi connectivity index (χ1v) is 9.37. The summed E-state index contributed by atoms with van der Waals surface area (Å²) in [7, 11) is 0. The third kappa shape index (κ3) is 3.17. The van der Waals surface area contributed by atoms with E-state index in [1.165, 1.54) is 4.90 Å². The third-order valence-electron chi connectivity index (χ3n) is 4.75. The maximum absolute atomic E-state index is 12.9. The lowest BCUT2D eigenvalue weighted by molar-refractivity contribution is -0.130. The van der Waals surface area contributed by atoms with Gasteiger partial charge >= 0.3 is 0 Å². The number of amides is 2. The summed E-state index contributed by atoms with van der Waals surface area (Å²) in [6, 6.07) is 7.95. The van der Waals surface area contributed by atoms with Crippen LogP contribution in [-0.4, -0.2) is 32.4 Å². The Kier molecular flexibility index (Phi) is 5.23. The molecular formula is C20H23N3O2S. The second-order valence-electron chi connectivity index (χ2n) is 6.54. The van der Waals surface area contributed by atoms with Crippen molar-refractivity contribution in [3.05, 3.63) is 41.6 Å². The Hall–Kier alpha value is -2.47. The van der Waals surface area contributed by atoms with Gasteiger partial charge in [0.25, 0.3) is 11.8 Å². The van der Waals surface area contributed by atoms with Crippen LogP contribution in [0.1, 0.15) is 39.2 Å². The number of hydrogen-bond acceptors (Lipinski definition) is 3. The first-order valence-electron chi connectivity index (χ1n) is 8.96. The topological polar surface area (TPSA) is 54.3 Å². The minimum atomic E-state index is -0.438. The monoisotopic (exact) mass is 369 g/mol. The van der Waals surface area contributed by atoms with E-state index in [0.29, 0.717) is 0 Å². The van der Waals surface area contributed by atoms with Gasteiger partial charge in [0.05, 0.1) is 0 Å². The Balaban J connectivity index is 2.08. The third-order valence-corrected chi connectivity index (χ3v) is 5.05. The van der Waals surface area contributed by atoms with E-state index in [1.54, 1.807) is 6.08 Å². The summed E-state index contributed by atoms with van der Waals surface area (Å²) in [6.45, 7) is 6.91. The number of carbonyl (C=O) groups is 2. The summed E-state index contributed by atoms with van der Waals surface area (Å²) in [5.74, 6) is -0.771. The van der Waals surface area contributed by atoms with Gasteiger partial charge < -0.3 is 4.57 Å². The number of carbonyl (C=O) groups excluding carboxylic acids is 2. The summed E-state index contributed by atoms with van der Waals surface area (Å²) in [4.78, 5) is 26.8. The Bertz CT molecular complexity index is 913. The molecule has 2 aromatic rings. The summed E-state index contributed by atoms with van der Waals surface area (Å²) in [6.07, 6.45) is 5.44. The summed E-state index contributed by atoms with van der Waals surface area (Å²) in [5.41, 5.74) is 2.09. The van der Waals surface area contributed by atoms with Gasteiger partial charge in [-0.1, -0.05) is 32.0 Å². The number of hydrogen-bond donors (Lipinski definition) is 1. The zero-order valence-corrected chi connectivity index (χ0v) is 16.1. The van der Waals surface area contributed by atoms with Crippen LogP contribution in [0.25, 0.3) is 17.0 Å². The maximum atomic E-state index is 12.9. The van der Waals surface area contributed by atoms with Crippen LogP contribution in [0.5, 0.6) is 0 Å². The molecule has 1 fully saturated rings. The minimum Gasteiger partial charge on any atom is -0.347 e. The zero-order chi connectivity index (χ0) is 18.8. The van der Waals surface area contributed by atoms with E-state index in [9.17, 15) is 9.59 Å². The van der Waals surface area contributed by atoms with Crippen LogP contribution < -0.4 is 5.32 Å². The summed E-state index contributed by atoms with van der Waals surface area (Å²) < 4.78 is 2.16. The molecule has 0 spiro atoms. The lowest BCUT2D eigenvalue weighted by Crippen LogP contribution is -2.56. The van der Waals surface area contributed by atoms with Crippen molar-refractivity contribution in [2.45, 2.75) is 46.2 Å². The van der Waals surface area contributed by atoms with Crippen LogP contribution in [-0.2, 0) is 16.1 Å².